The molecule has 0 radical (unpaired) electrons. The van der Waals surface area contributed by atoms with Gasteiger partial charge in [-0.05, 0) is 30.6 Å². The number of pyridine rings is 1. The smallest absolute Gasteiger partial charge is 0.387 e. The van der Waals surface area contributed by atoms with E-state index in [0.717, 1.165) is 0 Å². The number of benzene rings is 2. The second kappa shape index (κ2) is 15.9. The van der Waals surface area contributed by atoms with Gasteiger partial charge in [-0.1, -0.05) is 74.3 Å². The molecule has 10 nitrogen and oxygen atoms in total. The van der Waals surface area contributed by atoms with E-state index < -0.39 is 20.8 Å². The average molecular weight is 761 g/mol. The molecule has 4 aromatic rings. The molecule has 0 atom stereocenters. The Morgan fingerprint density at radius 2 is 1.76 bits per heavy atom. The van der Waals surface area contributed by atoms with Gasteiger partial charge in [0.1, 0.15) is 17.1 Å². The van der Waals surface area contributed by atoms with Crippen LogP contribution in [0.15, 0.2) is 48.7 Å². The Bertz CT molecular complexity index is 1910. The molecule has 1 aliphatic rings. The maximum Gasteiger partial charge on any atom is 0.387 e. The molecule has 272 valence electrons. The normalized spacial score (nSPS) is 13.6. The molecule has 2 aromatic carbocycles. The van der Waals surface area contributed by atoms with Crippen molar-refractivity contribution in [3.05, 3.63) is 81.4 Å². The molecular formula is C36H41Cl2F2N5O5Si. The van der Waals surface area contributed by atoms with Crippen LogP contribution < -0.4 is 14.8 Å². The minimum absolute atomic E-state index is 0.0729. The lowest BCUT2D eigenvalue weighted by molar-refractivity contribution is -0.0508. The van der Waals surface area contributed by atoms with Crippen molar-refractivity contribution in [1.29, 1.82) is 0 Å². The molecule has 0 spiro atoms. The van der Waals surface area contributed by atoms with E-state index in [9.17, 15) is 18.7 Å². The lowest BCUT2D eigenvalue weighted by atomic mass is 10.0. The topological polar surface area (TPSA) is 119 Å². The van der Waals surface area contributed by atoms with Gasteiger partial charge in [0.15, 0.2) is 8.32 Å². The fourth-order valence-corrected chi connectivity index (χ4v) is 7.11. The highest BCUT2D eigenvalue weighted by Crippen LogP contribution is 2.42. The van der Waals surface area contributed by atoms with Gasteiger partial charge in [-0.15, -0.1) is 0 Å². The number of anilines is 1. The van der Waals surface area contributed by atoms with Crippen molar-refractivity contribution in [2.75, 3.05) is 32.1 Å². The molecule has 0 unspecified atom stereocenters. The summed E-state index contributed by atoms with van der Waals surface area (Å²) in [4.78, 5) is 29.1. The molecule has 5 rings (SSSR count). The highest BCUT2D eigenvalue weighted by atomic mass is 35.5. The van der Waals surface area contributed by atoms with Crippen molar-refractivity contribution in [2.24, 2.45) is 0 Å². The van der Waals surface area contributed by atoms with Gasteiger partial charge in [0.05, 0.1) is 47.0 Å². The molecule has 0 fully saturated rings. The molecular weight excluding hydrogens is 719 g/mol. The summed E-state index contributed by atoms with van der Waals surface area (Å²) in [5.74, 6) is -0.562. The second-order valence-electron chi connectivity index (χ2n) is 13.6. The summed E-state index contributed by atoms with van der Waals surface area (Å²) in [5, 5.41) is 12.9. The third kappa shape index (κ3) is 8.67. The zero-order chi connectivity index (χ0) is 37.1. The van der Waals surface area contributed by atoms with Gasteiger partial charge in [-0.2, -0.15) is 8.78 Å². The molecule has 3 heterocycles. The van der Waals surface area contributed by atoms with Crippen LogP contribution in [0.3, 0.4) is 0 Å². The maximum atomic E-state index is 13.6. The van der Waals surface area contributed by atoms with E-state index in [2.05, 4.69) is 59.0 Å². The van der Waals surface area contributed by atoms with Gasteiger partial charge in [0.2, 0.25) is 5.88 Å². The summed E-state index contributed by atoms with van der Waals surface area (Å²) in [5.41, 5.74) is 3.52. The van der Waals surface area contributed by atoms with Crippen molar-refractivity contribution in [3.63, 3.8) is 0 Å². The number of amides is 1. The van der Waals surface area contributed by atoms with E-state index in [1.54, 1.807) is 36.4 Å². The molecule has 51 heavy (non-hydrogen) atoms. The van der Waals surface area contributed by atoms with Crippen LogP contribution in [0.2, 0.25) is 28.2 Å². The third-order valence-electron chi connectivity index (χ3n) is 9.31. The van der Waals surface area contributed by atoms with E-state index in [1.165, 1.54) is 19.4 Å². The number of halogens is 4. The zero-order valence-corrected chi connectivity index (χ0v) is 31.8. The molecule has 0 aliphatic carbocycles. The largest absolute Gasteiger partial charge is 0.480 e. The predicted molar refractivity (Wildman–Crippen MR) is 196 cm³/mol. The number of aromatic nitrogens is 3. The van der Waals surface area contributed by atoms with Gasteiger partial charge < -0.3 is 24.3 Å². The molecule has 0 bridgehead atoms. The number of hydrogen-bond acceptors (Lipinski definition) is 9. The highest BCUT2D eigenvalue weighted by Gasteiger charge is 2.37. The Hall–Kier alpha value is -3.72. The molecule has 1 amide bonds. The monoisotopic (exact) mass is 759 g/mol. The first-order valence-electron chi connectivity index (χ1n) is 16.4. The van der Waals surface area contributed by atoms with Crippen LogP contribution in [0.25, 0.3) is 22.4 Å². The number of alkyl halides is 2. The first-order chi connectivity index (χ1) is 24.1. The minimum atomic E-state index is -3.07. The van der Waals surface area contributed by atoms with Gasteiger partial charge in [-0.3, -0.25) is 14.7 Å². The Morgan fingerprint density at radius 3 is 2.43 bits per heavy atom. The summed E-state index contributed by atoms with van der Waals surface area (Å²) in [6, 6.07) is 11.6. The van der Waals surface area contributed by atoms with Crippen molar-refractivity contribution in [2.45, 2.75) is 65.1 Å². The molecule has 0 saturated carbocycles. The van der Waals surface area contributed by atoms with Gasteiger partial charge in [0.25, 0.3) is 5.91 Å². The Morgan fingerprint density at radius 1 is 1.08 bits per heavy atom. The van der Waals surface area contributed by atoms with Gasteiger partial charge in [-0.25, -0.2) is 9.97 Å². The Labute approximate surface area is 307 Å². The summed E-state index contributed by atoms with van der Waals surface area (Å²) >= 11 is 13.8. The maximum absolute atomic E-state index is 13.6. The van der Waals surface area contributed by atoms with Crippen LogP contribution in [0, 0.1) is 0 Å². The quantitative estimate of drug-likeness (QED) is 0.138. The number of hydrogen-bond donors (Lipinski definition) is 2. The number of rotatable bonds is 12. The predicted octanol–water partition coefficient (Wildman–Crippen LogP) is 8.25. The SMILES string of the molecule is COc1nc(-c2cccc(-c3cccc(NC(=O)c4cc(OC(F)F)c5c(n4)CN(CCO[Si](C)(C)C(C)(C)C)CC5)c3Cl)c2Cl)cnc1CO. The van der Waals surface area contributed by atoms with Gasteiger partial charge >= 0.3 is 6.61 Å². The summed E-state index contributed by atoms with van der Waals surface area (Å²) in [6.45, 7) is 9.65. The number of methoxy groups -OCH3 is 1. The van der Waals surface area contributed by atoms with Crippen LogP contribution in [-0.4, -0.2) is 72.6 Å². The van der Waals surface area contributed by atoms with E-state index in [0.29, 0.717) is 71.3 Å². The standard InChI is InChI=1S/C36H41Cl2F2N5O5Si/c1-36(2,3)51(5,6)49-16-15-45-14-13-23-28(19-45)42-26(17-30(23)50-35(39)40)33(47)43-25-12-8-10-22(32(25)38)21-9-7-11-24(31(21)37)27-18-41-29(20-46)34(44-27)48-4/h7-12,17-18,35,46H,13-16,19-20H2,1-6H3,(H,43,47). The zero-order valence-electron chi connectivity index (χ0n) is 29.3. The Balaban J connectivity index is 1.39. The molecule has 1 aliphatic heterocycles. The first kappa shape index (κ1) is 38.5. The summed E-state index contributed by atoms with van der Waals surface area (Å²) < 4.78 is 43.5. The van der Waals surface area contributed by atoms with Crippen LogP contribution in [0.4, 0.5) is 14.5 Å². The number of nitrogens with zero attached hydrogens (tertiary/aromatic N) is 4. The number of nitrogens with one attached hydrogen (secondary N) is 1. The number of aliphatic hydroxyl groups is 1. The second-order valence-corrected chi connectivity index (χ2v) is 19.2. The number of aliphatic hydroxyl groups excluding tert-OH is 1. The Kier molecular flexibility index (Phi) is 12.0. The van der Waals surface area contributed by atoms with Crippen molar-refractivity contribution >= 4 is 43.1 Å². The van der Waals surface area contributed by atoms with Crippen LogP contribution in [0.1, 0.15) is 48.2 Å². The number of carbonyl (C=O) groups excluding carboxylic acids is 1. The number of ether oxygens (including phenoxy) is 2. The van der Waals surface area contributed by atoms with Crippen molar-refractivity contribution in [1.82, 2.24) is 19.9 Å². The molecule has 15 heteroatoms. The molecule has 0 saturated heterocycles. The van der Waals surface area contributed by atoms with Crippen molar-refractivity contribution < 1.29 is 32.6 Å². The lowest BCUT2D eigenvalue weighted by Crippen LogP contribution is -2.43. The van der Waals surface area contributed by atoms with Crippen LogP contribution in [-0.2, 0) is 24.0 Å². The van der Waals surface area contributed by atoms with Crippen molar-refractivity contribution in [3.8, 4) is 34.0 Å². The molecule has 2 N–H and O–H groups in total. The third-order valence-corrected chi connectivity index (χ3v) is 14.7. The fraction of sp³-hybridized carbons (Fsp3) is 0.389. The highest BCUT2D eigenvalue weighted by molar-refractivity contribution is 6.74. The van der Waals surface area contributed by atoms with E-state index in [1.807, 2.05) is 0 Å². The summed E-state index contributed by atoms with van der Waals surface area (Å²) in [6.07, 6.45) is 1.92. The lowest BCUT2D eigenvalue weighted by Gasteiger charge is -2.37. The van der Waals surface area contributed by atoms with Crippen LogP contribution in [0.5, 0.6) is 11.6 Å². The molecule has 2 aromatic heterocycles. The summed E-state index contributed by atoms with van der Waals surface area (Å²) in [7, 11) is -0.514. The fourth-order valence-electron chi connectivity index (χ4n) is 5.47. The van der Waals surface area contributed by atoms with E-state index >= 15 is 0 Å². The van der Waals surface area contributed by atoms with E-state index in [4.69, 9.17) is 37.1 Å². The van der Waals surface area contributed by atoms with Crippen LogP contribution >= 0.6 is 23.2 Å². The van der Waals surface area contributed by atoms with Gasteiger partial charge in [0, 0.05) is 54.6 Å². The average Bonchev–Trinajstić information content (AvgIpc) is 3.08. The first-order valence-corrected chi connectivity index (χ1v) is 20.0. The van der Waals surface area contributed by atoms with E-state index in [-0.39, 0.29) is 45.4 Å². The minimum Gasteiger partial charge on any atom is -0.480 e. The number of fused-ring (bicyclic) bond motifs is 1. The number of carbonyl (C=O) groups is 1.